The Morgan fingerprint density at radius 2 is 1.00 bits per heavy atom. The van der Waals surface area contributed by atoms with Gasteiger partial charge in [0.15, 0.2) is 0 Å². The van der Waals surface area contributed by atoms with Crippen molar-refractivity contribution in [2.75, 3.05) is 0 Å². The molecule has 0 fully saturated rings. The van der Waals surface area contributed by atoms with Crippen LogP contribution in [0.3, 0.4) is 0 Å². The van der Waals surface area contributed by atoms with E-state index in [9.17, 15) is 0 Å². The molecule has 1 nitrogen and oxygen atoms in total. The summed E-state index contributed by atoms with van der Waals surface area (Å²) in [5, 5.41) is 12.2. The van der Waals surface area contributed by atoms with Crippen molar-refractivity contribution in [3.63, 3.8) is 0 Å². The Labute approximate surface area is 236 Å². The third-order valence-corrected chi connectivity index (χ3v) is 8.65. The van der Waals surface area contributed by atoms with Gasteiger partial charge in [0, 0.05) is 16.2 Å². The van der Waals surface area contributed by atoms with Crippen molar-refractivity contribution in [1.82, 2.24) is 0 Å². The molecule has 0 saturated heterocycles. The van der Waals surface area contributed by atoms with Crippen molar-refractivity contribution in [2.24, 2.45) is 0 Å². The van der Waals surface area contributed by atoms with Gasteiger partial charge < -0.3 is 4.42 Å². The molecule has 8 aromatic carbocycles. The summed E-state index contributed by atoms with van der Waals surface area (Å²) in [5.74, 6) is 0. The topological polar surface area (TPSA) is 13.1 Å². The first-order valence-corrected chi connectivity index (χ1v) is 14.1. The predicted octanol–water partition coefficient (Wildman–Crippen LogP) is 11.5. The van der Waals surface area contributed by atoms with Crippen molar-refractivity contribution in [3.8, 4) is 22.3 Å². The van der Waals surface area contributed by atoms with Crippen LogP contribution in [0.4, 0.5) is 0 Å². The van der Waals surface area contributed by atoms with Gasteiger partial charge in [-0.2, -0.15) is 0 Å². The fourth-order valence-electron chi connectivity index (χ4n) is 6.82. The Bertz CT molecular complexity index is 2460. The first-order valence-electron chi connectivity index (χ1n) is 14.1. The largest absolute Gasteiger partial charge is 0.455 e. The number of benzene rings is 8. The van der Waals surface area contributed by atoms with Gasteiger partial charge in [0.2, 0.25) is 0 Å². The zero-order chi connectivity index (χ0) is 26.9. The SMILES string of the molecule is c1ccc(-c2cccc3c(-c4cccc5oc6c7ccccc7ccc6c45)c4ccc5ccccc5c4cc23)cc1. The fourth-order valence-corrected chi connectivity index (χ4v) is 6.82. The Hall–Kier alpha value is -5.40. The summed E-state index contributed by atoms with van der Waals surface area (Å²) < 4.78 is 6.62. The number of furan rings is 1. The van der Waals surface area contributed by atoms with Gasteiger partial charge in [-0.1, -0.05) is 127 Å². The Morgan fingerprint density at radius 1 is 0.366 bits per heavy atom. The summed E-state index contributed by atoms with van der Waals surface area (Å²) in [6, 6.07) is 52.6. The predicted molar refractivity (Wildman–Crippen MR) is 175 cm³/mol. The molecule has 0 spiro atoms. The average molecular weight is 521 g/mol. The van der Waals surface area contributed by atoms with Gasteiger partial charge in [-0.25, -0.2) is 0 Å². The highest BCUT2D eigenvalue weighted by Gasteiger charge is 2.20. The van der Waals surface area contributed by atoms with Crippen molar-refractivity contribution in [1.29, 1.82) is 0 Å². The van der Waals surface area contributed by atoms with Gasteiger partial charge >= 0.3 is 0 Å². The molecule has 0 radical (unpaired) electrons. The second kappa shape index (κ2) is 8.55. The first kappa shape index (κ1) is 22.4. The summed E-state index contributed by atoms with van der Waals surface area (Å²) in [5.41, 5.74) is 6.79. The van der Waals surface area contributed by atoms with Crippen LogP contribution in [0.25, 0.3) is 87.3 Å². The minimum Gasteiger partial charge on any atom is -0.455 e. The highest BCUT2D eigenvalue weighted by Crippen LogP contribution is 2.46. The Kier molecular flexibility index (Phi) is 4.67. The van der Waals surface area contributed by atoms with Crippen LogP contribution in [-0.4, -0.2) is 0 Å². The van der Waals surface area contributed by atoms with E-state index in [1.54, 1.807) is 0 Å². The second-order valence-corrected chi connectivity index (χ2v) is 10.8. The average Bonchev–Trinajstić information content (AvgIpc) is 3.43. The monoisotopic (exact) mass is 520 g/mol. The van der Waals surface area contributed by atoms with Crippen molar-refractivity contribution in [3.05, 3.63) is 146 Å². The van der Waals surface area contributed by atoms with E-state index in [1.165, 1.54) is 65.3 Å². The summed E-state index contributed by atoms with van der Waals surface area (Å²) in [7, 11) is 0. The van der Waals surface area contributed by atoms with Crippen molar-refractivity contribution >= 4 is 65.0 Å². The molecule has 0 aliphatic rings. The quantitative estimate of drug-likeness (QED) is 0.163. The summed E-state index contributed by atoms with van der Waals surface area (Å²) >= 11 is 0. The molecule has 41 heavy (non-hydrogen) atoms. The zero-order valence-corrected chi connectivity index (χ0v) is 22.3. The van der Waals surface area contributed by atoms with Crippen LogP contribution in [0.1, 0.15) is 0 Å². The smallest absolute Gasteiger partial charge is 0.143 e. The lowest BCUT2D eigenvalue weighted by Crippen LogP contribution is -1.90. The lowest BCUT2D eigenvalue weighted by molar-refractivity contribution is 0.673. The number of fused-ring (bicyclic) bond motifs is 9. The summed E-state index contributed by atoms with van der Waals surface area (Å²) in [4.78, 5) is 0. The number of hydrogen-bond donors (Lipinski definition) is 0. The zero-order valence-electron chi connectivity index (χ0n) is 22.3. The molecule has 0 aliphatic carbocycles. The van der Waals surface area contributed by atoms with E-state index in [4.69, 9.17) is 4.42 Å². The molecule has 9 rings (SSSR count). The van der Waals surface area contributed by atoms with Crippen LogP contribution in [0.5, 0.6) is 0 Å². The molecule has 0 N–H and O–H groups in total. The van der Waals surface area contributed by atoms with Crippen molar-refractivity contribution < 1.29 is 4.42 Å². The van der Waals surface area contributed by atoms with E-state index in [-0.39, 0.29) is 0 Å². The maximum atomic E-state index is 6.62. The molecular formula is C40H24O. The number of rotatable bonds is 2. The molecule has 0 unspecified atom stereocenters. The second-order valence-electron chi connectivity index (χ2n) is 10.8. The van der Waals surface area contributed by atoms with E-state index in [2.05, 4.69) is 146 Å². The van der Waals surface area contributed by atoms with Crippen LogP contribution >= 0.6 is 0 Å². The van der Waals surface area contributed by atoms with Gasteiger partial charge in [-0.05, 0) is 78.2 Å². The Morgan fingerprint density at radius 3 is 1.85 bits per heavy atom. The van der Waals surface area contributed by atoms with Crippen LogP contribution < -0.4 is 0 Å². The molecule has 1 heteroatoms. The van der Waals surface area contributed by atoms with E-state index < -0.39 is 0 Å². The minimum absolute atomic E-state index is 0.916. The van der Waals surface area contributed by atoms with Crippen LogP contribution in [0, 0.1) is 0 Å². The van der Waals surface area contributed by atoms with Crippen LogP contribution in [-0.2, 0) is 0 Å². The first-order chi connectivity index (χ1) is 20.3. The van der Waals surface area contributed by atoms with Gasteiger partial charge in [0.25, 0.3) is 0 Å². The molecule has 0 amide bonds. The van der Waals surface area contributed by atoms with Gasteiger partial charge in [0.05, 0.1) is 0 Å². The standard InChI is InChI=1S/C40H24O/c1-2-10-25(11-3-1)29-16-8-17-31-35(29)24-36-28-14-6-4-12-26(28)20-22-32(36)38(31)33-18-9-19-37-39(33)34-23-21-27-13-5-7-15-30(27)40(34)41-37/h1-24H. The van der Waals surface area contributed by atoms with Crippen LogP contribution in [0.2, 0.25) is 0 Å². The molecular weight excluding hydrogens is 496 g/mol. The third kappa shape index (κ3) is 3.24. The summed E-state index contributed by atoms with van der Waals surface area (Å²) in [6.45, 7) is 0. The highest BCUT2D eigenvalue weighted by atomic mass is 16.3. The minimum atomic E-state index is 0.916. The molecule has 190 valence electrons. The Balaban J connectivity index is 1.50. The maximum absolute atomic E-state index is 6.62. The molecule has 0 bridgehead atoms. The van der Waals surface area contributed by atoms with E-state index >= 15 is 0 Å². The lowest BCUT2D eigenvalue weighted by atomic mass is 9.86. The van der Waals surface area contributed by atoms with E-state index in [0.717, 1.165) is 21.9 Å². The molecule has 9 aromatic rings. The van der Waals surface area contributed by atoms with E-state index in [1.807, 2.05) is 0 Å². The number of hydrogen-bond acceptors (Lipinski definition) is 1. The van der Waals surface area contributed by atoms with Crippen LogP contribution in [0.15, 0.2) is 150 Å². The molecule has 0 aliphatic heterocycles. The van der Waals surface area contributed by atoms with E-state index in [0.29, 0.717) is 0 Å². The highest BCUT2D eigenvalue weighted by molar-refractivity contribution is 6.27. The van der Waals surface area contributed by atoms with Gasteiger partial charge in [0.1, 0.15) is 11.2 Å². The van der Waals surface area contributed by atoms with Gasteiger partial charge in [-0.15, -0.1) is 0 Å². The third-order valence-electron chi connectivity index (χ3n) is 8.65. The molecule has 1 aromatic heterocycles. The lowest BCUT2D eigenvalue weighted by Gasteiger charge is -2.17. The maximum Gasteiger partial charge on any atom is 0.143 e. The molecule has 0 saturated carbocycles. The van der Waals surface area contributed by atoms with Gasteiger partial charge in [-0.3, -0.25) is 0 Å². The fraction of sp³-hybridized carbons (Fsp3) is 0. The normalized spacial score (nSPS) is 11.9. The molecule has 1 heterocycles. The molecule has 0 atom stereocenters. The van der Waals surface area contributed by atoms with Crippen molar-refractivity contribution in [2.45, 2.75) is 0 Å². The summed E-state index contributed by atoms with van der Waals surface area (Å²) in [6.07, 6.45) is 0.